The van der Waals surface area contributed by atoms with Gasteiger partial charge in [-0.3, -0.25) is 14.2 Å². The van der Waals surface area contributed by atoms with E-state index >= 15 is 0 Å². The van der Waals surface area contributed by atoms with Crippen molar-refractivity contribution in [1.82, 2.24) is 19.2 Å². The van der Waals surface area contributed by atoms with Crippen molar-refractivity contribution in [2.45, 2.75) is 37.5 Å². The maximum atomic E-state index is 12.4. The van der Waals surface area contributed by atoms with E-state index in [4.69, 9.17) is 9.90 Å². The van der Waals surface area contributed by atoms with E-state index in [1.165, 1.54) is 4.68 Å². The number of thiophene rings is 1. The minimum absolute atomic E-state index is 0.0567. The fourth-order valence-corrected chi connectivity index (χ4v) is 4.38. The summed E-state index contributed by atoms with van der Waals surface area (Å²) in [5.74, 6) is -1.95. The molecule has 1 N–H and O–H groups in total. The summed E-state index contributed by atoms with van der Waals surface area (Å²) in [4.78, 5) is 36.9. The number of rotatable bonds is 2. The summed E-state index contributed by atoms with van der Waals surface area (Å²) >= 11 is 1.57. The lowest BCUT2D eigenvalue weighted by atomic mass is 9.85. The van der Waals surface area contributed by atoms with Gasteiger partial charge in [0.1, 0.15) is 5.82 Å². The zero-order chi connectivity index (χ0) is 21.4. The highest BCUT2D eigenvalue weighted by atomic mass is 32.1. The first-order valence-corrected chi connectivity index (χ1v) is 9.65. The first-order chi connectivity index (χ1) is 13.5. The monoisotopic (exact) mass is 432 g/mol. The highest BCUT2D eigenvalue weighted by Gasteiger charge is 2.46. The highest BCUT2D eigenvalue weighted by molar-refractivity contribution is 7.09. The van der Waals surface area contributed by atoms with Gasteiger partial charge >= 0.3 is 23.3 Å². The summed E-state index contributed by atoms with van der Waals surface area (Å²) in [5, 5.41) is 13.7. The van der Waals surface area contributed by atoms with E-state index in [-0.39, 0.29) is 5.41 Å². The third-order valence-electron chi connectivity index (χ3n) is 5.09. The molecule has 158 valence electrons. The summed E-state index contributed by atoms with van der Waals surface area (Å²) < 4.78 is 34.7. The van der Waals surface area contributed by atoms with Gasteiger partial charge in [0, 0.05) is 23.4 Å². The van der Waals surface area contributed by atoms with Crippen LogP contribution in [-0.2, 0) is 23.3 Å². The summed E-state index contributed by atoms with van der Waals surface area (Å²) in [6.45, 7) is 2.92. The number of hydrogen-bond acceptors (Lipinski definition) is 6. The third-order valence-corrected chi connectivity index (χ3v) is 5.96. The Kier molecular flexibility index (Phi) is 5.68. The number of aliphatic carboxylic acids is 1. The first kappa shape index (κ1) is 21.2. The van der Waals surface area contributed by atoms with Gasteiger partial charge in [0.15, 0.2) is 0 Å². The van der Waals surface area contributed by atoms with Crippen LogP contribution in [0.3, 0.4) is 0 Å². The van der Waals surface area contributed by atoms with Crippen LogP contribution >= 0.6 is 11.3 Å². The second kappa shape index (κ2) is 7.75. The Balaban J connectivity index is 0.000000298. The highest BCUT2D eigenvalue weighted by Crippen LogP contribution is 2.39. The standard InChI is InChI=1S/C15H18N4O2S.C2HF3O2/c1-17-6-4-15(10-17)5-7-18-12(20)13(21)19(16-14(15)18)9-11-3-2-8-22-11;3-2(4,5)1(6)7/h2-3,8H,4-7,9-10H2,1H3;(H,6,7). The molecule has 0 saturated carbocycles. The van der Waals surface area contributed by atoms with Crippen LogP contribution in [0.15, 0.2) is 27.1 Å². The molecule has 2 aromatic rings. The number of carbonyl (C=O) groups is 1. The Morgan fingerprint density at radius 1 is 1.28 bits per heavy atom. The number of likely N-dealkylation sites (tertiary alicyclic amines) is 1. The number of carboxylic acids is 1. The molecule has 12 heteroatoms. The SMILES string of the molecule is CN1CCC2(CCn3c2nn(Cc2cccs2)c(=O)c3=O)C1.O=C(O)C(F)(F)F. The molecule has 0 aromatic carbocycles. The average molecular weight is 432 g/mol. The zero-order valence-electron chi connectivity index (χ0n) is 15.5. The van der Waals surface area contributed by atoms with Crippen molar-refractivity contribution in [3.63, 3.8) is 0 Å². The Morgan fingerprint density at radius 3 is 2.45 bits per heavy atom. The quantitative estimate of drug-likeness (QED) is 0.715. The van der Waals surface area contributed by atoms with Gasteiger partial charge in [0.05, 0.1) is 6.54 Å². The molecule has 8 nitrogen and oxygen atoms in total. The first-order valence-electron chi connectivity index (χ1n) is 8.77. The molecule has 29 heavy (non-hydrogen) atoms. The Labute approximate surface area is 166 Å². The van der Waals surface area contributed by atoms with E-state index in [9.17, 15) is 22.8 Å². The van der Waals surface area contributed by atoms with Gasteiger partial charge < -0.3 is 10.0 Å². The second-order valence-electron chi connectivity index (χ2n) is 7.14. The predicted octanol–water partition coefficient (Wildman–Crippen LogP) is 1.13. The maximum absolute atomic E-state index is 12.4. The molecule has 0 bridgehead atoms. The van der Waals surface area contributed by atoms with Crippen molar-refractivity contribution < 1.29 is 23.1 Å². The van der Waals surface area contributed by atoms with Gasteiger partial charge in [0.25, 0.3) is 0 Å². The number of fused-ring (bicyclic) bond motifs is 2. The third kappa shape index (κ3) is 4.27. The predicted molar refractivity (Wildman–Crippen MR) is 98.3 cm³/mol. The number of carboxylic acid groups (broad SMARTS) is 1. The number of nitrogens with zero attached hydrogens (tertiary/aromatic N) is 4. The van der Waals surface area contributed by atoms with E-state index < -0.39 is 23.3 Å². The number of alkyl halides is 3. The Bertz CT molecular complexity index is 1020. The lowest BCUT2D eigenvalue weighted by molar-refractivity contribution is -0.192. The summed E-state index contributed by atoms with van der Waals surface area (Å²) in [7, 11) is 2.09. The van der Waals surface area contributed by atoms with E-state index in [1.807, 2.05) is 17.5 Å². The molecule has 0 amide bonds. The largest absolute Gasteiger partial charge is 0.490 e. The summed E-state index contributed by atoms with van der Waals surface area (Å²) in [5.41, 5.74) is -0.993. The summed E-state index contributed by atoms with van der Waals surface area (Å²) in [6, 6.07) is 3.90. The van der Waals surface area contributed by atoms with Crippen molar-refractivity contribution in [3.05, 3.63) is 48.9 Å². The molecule has 0 aliphatic carbocycles. The van der Waals surface area contributed by atoms with Crippen LogP contribution in [0.2, 0.25) is 0 Å². The lowest BCUT2D eigenvalue weighted by Gasteiger charge is -2.22. The molecule has 4 rings (SSSR count). The van der Waals surface area contributed by atoms with Crippen LogP contribution in [-0.4, -0.2) is 56.6 Å². The molecular formula is C17H19F3N4O4S. The fourth-order valence-electron chi connectivity index (χ4n) is 3.70. The average Bonchev–Trinajstić information content (AvgIpc) is 3.35. The molecular weight excluding hydrogens is 413 g/mol. The lowest BCUT2D eigenvalue weighted by Crippen LogP contribution is -2.45. The molecule has 1 unspecified atom stereocenters. The maximum Gasteiger partial charge on any atom is 0.490 e. The normalized spacial score (nSPS) is 21.1. The summed E-state index contributed by atoms with van der Waals surface area (Å²) in [6.07, 6.45) is -3.17. The number of likely N-dealkylation sites (N-methyl/N-ethyl adjacent to an activating group) is 1. The van der Waals surface area contributed by atoms with Crippen molar-refractivity contribution in [2.24, 2.45) is 0 Å². The van der Waals surface area contributed by atoms with Gasteiger partial charge in [-0.2, -0.15) is 18.3 Å². The van der Waals surface area contributed by atoms with Crippen LogP contribution in [0.25, 0.3) is 0 Å². The van der Waals surface area contributed by atoms with Crippen LogP contribution in [0, 0.1) is 0 Å². The van der Waals surface area contributed by atoms with Gasteiger partial charge in [0.2, 0.25) is 0 Å². The van der Waals surface area contributed by atoms with Crippen LogP contribution in [0.4, 0.5) is 13.2 Å². The van der Waals surface area contributed by atoms with Gasteiger partial charge in [-0.25, -0.2) is 9.48 Å². The Hall–Kier alpha value is -2.47. The minimum Gasteiger partial charge on any atom is -0.475 e. The molecule has 0 radical (unpaired) electrons. The van der Waals surface area contributed by atoms with Crippen LogP contribution in [0.1, 0.15) is 23.5 Å². The molecule has 1 fully saturated rings. The minimum atomic E-state index is -5.08. The molecule has 1 saturated heterocycles. The van der Waals surface area contributed by atoms with Crippen molar-refractivity contribution >= 4 is 17.3 Å². The second-order valence-corrected chi connectivity index (χ2v) is 8.18. The van der Waals surface area contributed by atoms with Gasteiger partial charge in [-0.1, -0.05) is 6.07 Å². The topological polar surface area (TPSA) is 97.4 Å². The van der Waals surface area contributed by atoms with E-state index in [1.54, 1.807) is 15.9 Å². The van der Waals surface area contributed by atoms with Crippen LogP contribution in [0.5, 0.6) is 0 Å². The molecule has 1 atom stereocenters. The van der Waals surface area contributed by atoms with Crippen LogP contribution < -0.4 is 11.1 Å². The fraction of sp³-hybridized carbons (Fsp3) is 0.529. The number of hydrogen-bond donors (Lipinski definition) is 1. The van der Waals surface area contributed by atoms with E-state index in [2.05, 4.69) is 17.0 Å². The van der Waals surface area contributed by atoms with Gasteiger partial charge in [-0.05, 0) is 37.9 Å². The molecule has 4 heterocycles. The number of halogens is 3. The van der Waals surface area contributed by atoms with Crippen molar-refractivity contribution in [3.8, 4) is 0 Å². The van der Waals surface area contributed by atoms with Gasteiger partial charge in [-0.15, -0.1) is 11.3 Å². The smallest absolute Gasteiger partial charge is 0.475 e. The van der Waals surface area contributed by atoms with E-state index in [0.717, 1.165) is 36.6 Å². The molecule has 2 aliphatic heterocycles. The molecule has 1 spiro atoms. The Morgan fingerprint density at radius 2 is 1.93 bits per heavy atom. The molecule has 2 aliphatic rings. The van der Waals surface area contributed by atoms with Crippen molar-refractivity contribution in [1.29, 1.82) is 0 Å². The number of aromatic nitrogens is 3. The van der Waals surface area contributed by atoms with E-state index in [0.29, 0.717) is 13.1 Å². The zero-order valence-corrected chi connectivity index (χ0v) is 16.3. The van der Waals surface area contributed by atoms with Crippen molar-refractivity contribution in [2.75, 3.05) is 20.1 Å². The molecule has 2 aromatic heterocycles.